The number of rotatable bonds is 2. The topological polar surface area (TPSA) is 3.24 Å². The van der Waals surface area contributed by atoms with E-state index in [0.717, 1.165) is 17.8 Å². The highest BCUT2D eigenvalue weighted by atomic mass is 15.1. The predicted molar refractivity (Wildman–Crippen MR) is 71.8 cm³/mol. The van der Waals surface area contributed by atoms with Gasteiger partial charge in [0.05, 0.1) is 0 Å². The third-order valence-corrected chi connectivity index (χ3v) is 2.57. The zero-order chi connectivity index (χ0) is 12.0. The quantitative estimate of drug-likeness (QED) is 0.671. The molecule has 16 heavy (non-hydrogen) atoms. The molecule has 0 radical (unpaired) electrons. The standard InChI is InChI=1S/C15H19N/c1-5-10-15-14(6-2)12-9-7-8-11-13(3)16(15)4/h5-11H,2-3,12H2,1,4H3/b9-7-,10-5-,11-8-,15-14-. The SMILES string of the molecule is C=C/C1=C(\C=C/C)N(C)C(=C)/C=C\C=C/C1. The fourth-order valence-electron chi connectivity index (χ4n) is 1.59. The summed E-state index contributed by atoms with van der Waals surface area (Å²) in [7, 11) is 2.02. The number of allylic oxidation sites excluding steroid dienone is 8. The minimum absolute atomic E-state index is 0.894. The van der Waals surface area contributed by atoms with Crippen LogP contribution >= 0.6 is 0 Å². The van der Waals surface area contributed by atoms with Crippen molar-refractivity contribution in [3.8, 4) is 0 Å². The van der Waals surface area contributed by atoms with Crippen LogP contribution in [0.2, 0.25) is 0 Å². The Morgan fingerprint density at radius 3 is 2.75 bits per heavy atom. The van der Waals surface area contributed by atoms with Crippen molar-refractivity contribution in [3.63, 3.8) is 0 Å². The molecule has 1 rings (SSSR count). The van der Waals surface area contributed by atoms with E-state index in [4.69, 9.17) is 0 Å². The van der Waals surface area contributed by atoms with Crippen LogP contribution in [0.1, 0.15) is 13.3 Å². The Bertz CT molecular complexity index is 392. The van der Waals surface area contributed by atoms with Crippen molar-refractivity contribution in [3.05, 3.63) is 72.7 Å². The molecule has 1 aliphatic heterocycles. The summed E-state index contributed by atoms with van der Waals surface area (Å²) in [6, 6.07) is 0. The van der Waals surface area contributed by atoms with Crippen LogP contribution in [0.25, 0.3) is 0 Å². The van der Waals surface area contributed by atoms with Crippen LogP contribution < -0.4 is 0 Å². The first-order chi connectivity index (χ1) is 7.70. The van der Waals surface area contributed by atoms with E-state index in [1.807, 2.05) is 44.4 Å². The van der Waals surface area contributed by atoms with E-state index < -0.39 is 0 Å². The van der Waals surface area contributed by atoms with E-state index >= 15 is 0 Å². The molecule has 0 saturated heterocycles. The molecule has 1 heterocycles. The Labute approximate surface area is 98.5 Å². The normalized spacial score (nSPS) is 26.1. The maximum absolute atomic E-state index is 4.04. The molecular formula is C15H19N. The second kappa shape index (κ2) is 5.96. The molecule has 84 valence electrons. The zero-order valence-electron chi connectivity index (χ0n) is 10.1. The minimum atomic E-state index is 0.894. The molecular weight excluding hydrogens is 194 g/mol. The average Bonchev–Trinajstić information content (AvgIpc) is 2.35. The molecule has 1 aliphatic rings. The Morgan fingerprint density at radius 2 is 2.12 bits per heavy atom. The molecule has 0 unspecified atom stereocenters. The lowest BCUT2D eigenvalue weighted by Gasteiger charge is -2.22. The molecule has 0 amide bonds. The lowest BCUT2D eigenvalue weighted by Crippen LogP contribution is -2.15. The van der Waals surface area contributed by atoms with Gasteiger partial charge in [-0.1, -0.05) is 43.5 Å². The second-order valence-electron chi connectivity index (χ2n) is 3.66. The van der Waals surface area contributed by atoms with Crippen molar-refractivity contribution in [1.82, 2.24) is 4.90 Å². The molecule has 1 nitrogen and oxygen atoms in total. The van der Waals surface area contributed by atoms with Crippen LogP contribution in [0.5, 0.6) is 0 Å². The Morgan fingerprint density at radius 1 is 1.38 bits per heavy atom. The van der Waals surface area contributed by atoms with E-state index in [1.54, 1.807) is 0 Å². The maximum atomic E-state index is 4.04. The van der Waals surface area contributed by atoms with E-state index in [1.165, 1.54) is 5.57 Å². The highest BCUT2D eigenvalue weighted by Gasteiger charge is 2.08. The molecule has 0 fully saturated rings. The smallest absolute Gasteiger partial charge is 0.0440 e. The van der Waals surface area contributed by atoms with Gasteiger partial charge in [0.1, 0.15) is 0 Å². The van der Waals surface area contributed by atoms with Crippen LogP contribution in [0.15, 0.2) is 72.7 Å². The van der Waals surface area contributed by atoms with Gasteiger partial charge >= 0.3 is 0 Å². The van der Waals surface area contributed by atoms with Crippen molar-refractivity contribution in [2.24, 2.45) is 0 Å². The zero-order valence-corrected chi connectivity index (χ0v) is 10.1. The molecule has 0 N–H and O–H groups in total. The lowest BCUT2D eigenvalue weighted by molar-refractivity contribution is 0.550. The molecule has 0 aromatic carbocycles. The van der Waals surface area contributed by atoms with Crippen LogP contribution in [0.4, 0.5) is 0 Å². The number of nitrogens with zero attached hydrogens (tertiary/aromatic N) is 1. The lowest BCUT2D eigenvalue weighted by atomic mass is 10.1. The summed E-state index contributed by atoms with van der Waals surface area (Å²) in [5, 5.41) is 0. The van der Waals surface area contributed by atoms with Gasteiger partial charge in [-0.3, -0.25) is 0 Å². The maximum Gasteiger partial charge on any atom is 0.0440 e. The summed E-state index contributed by atoms with van der Waals surface area (Å²) in [6.07, 6.45) is 15.1. The molecule has 1 heteroatoms. The van der Waals surface area contributed by atoms with Gasteiger partial charge < -0.3 is 4.90 Å². The number of hydrogen-bond acceptors (Lipinski definition) is 1. The summed E-state index contributed by atoms with van der Waals surface area (Å²) in [6.45, 7) is 9.94. The van der Waals surface area contributed by atoms with E-state index in [2.05, 4.69) is 30.2 Å². The Kier molecular flexibility index (Phi) is 4.59. The van der Waals surface area contributed by atoms with E-state index in [9.17, 15) is 0 Å². The first kappa shape index (κ1) is 12.3. The van der Waals surface area contributed by atoms with Gasteiger partial charge in [0.25, 0.3) is 0 Å². The van der Waals surface area contributed by atoms with Crippen LogP contribution in [0.3, 0.4) is 0 Å². The molecule has 0 aliphatic carbocycles. The summed E-state index contributed by atoms with van der Waals surface area (Å²) < 4.78 is 0. The first-order valence-corrected chi connectivity index (χ1v) is 5.44. The van der Waals surface area contributed by atoms with Crippen molar-refractivity contribution in [1.29, 1.82) is 0 Å². The van der Waals surface area contributed by atoms with Crippen molar-refractivity contribution >= 4 is 0 Å². The monoisotopic (exact) mass is 213 g/mol. The average molecular weight is 213 g/mol. The van der Waals surface area contributed by atoms with Crippen molar-refractivity contribution in [2.45, 2.75) is 13.3 Å². The highest BCUT2D eigenvalue weighted by Crippen LogP contribution is 2.20. The van der Waals surface area contributed by atoms with Gasteiger partial charge in [0.2, 0.25) is 0 Å². The predicted octanol–water partition coefficient (Wildman–Crippen LogP) is 3.96. The van der Waals surface area contributed by atoms with Crippen LogP contribution in [-0.4, -0.2) is 11.9 Å². The van der Waals surface area contributed by atoms with Gasteiger partial charge in [-0.05, 0) is 31.1 Å². The fourth-order valence-corrected chi connectivity index (χ4v) is 1.59. The second-order valence-corrected chi connectivity index (χ2v) is 3.66. The summed E-state index contributed by atoms with van der Waals surface area (Å²) in [5.74, 6) is 0. The fraction of sp³-hybridized carbons (Fsp3) is 0.200. The molecule has 0 atom stereocenters. The van der Waals surface area contributed by atoms with Crippen LogP contribution in [0, 0.1) is 0 Å². The summed E-state index contributed by atoms with van der Waals surface area (Å²) in [4.78, 5) is 2.08. The third-order valence-electron chi connectivity index (χ3n) is 2.57. The number of likely N-dealkylation sites (N-methyl/N-ethyl adjacent to an activating group) is 1. The minimum Gasteiger partial charge on any atom is -0.345 e. The van der Waals surface area contributed by atoms with E-state index in [-0.39, 0.29) is 0 Å². The van der Waals surface area contributed by atoms with Gasteiger partial charge in [-0.25, -0.2) is 0 Å². The van der Waals surface area contributed by atoms with Gasteiger partial charge in [0, 0.05) is 18.4 Å². The summed E-state index contributed by atoms with van der Waals surface area (Å²) >= 11 is 0. The Hall–Kier alpha value is -1.76. The molecule has 0 aromatic heterocycles. The van der Waals surface area contributed by atoms with Crippen LogP contribution in [-0.2, 0) is 0 Å². The van der Waals surface area contributed by atoms with Gasteiger partial charge in [-0.15, -0.1) is 0 Å². The highest BCUT2D eigenvalue weighted by molar-refractivity contribution is 5.38. The van der Waals surface area contributed by atoms with Crippen molar-refractivity contribution < 1.29 is 0 Å². The molecule has 0 saturated carbocycles. The van der Waals surface area contributed by atoms with Gasteiger partial charge in [0.15, 0.2) is 0 Å². The third kappa shape index (κ3) is 2.86. The molecule has 0 spiro atoms. The van der Waals surface area contributed by atoms with E-state index in [0.29, 0.717) is 0 Å². The first-order valence-electron chi connectivity index (χ1n) is 5.44. The molecule has 0 bridgehead atoms. The number of hydrogen-bond donors (Lipinski definition) is 0. The largest absolute Gasteiger partial charge is 0.345 e. The summed E-state index contributed by atoms with van der Waals surface area (Å²) in [5.41, 5.74) is 3.33. The van der Waals surface area contributed by atoms with Gasteiger partial charge in [-0.2, -0.15) is 0 Å². The van der Waals surface area contributed by atoms with Crippen molar-refractivity contribution in [2.75, 3.05) is 7.05 Å². The Balaban J connectivity index is 3.24. The molecule has 0 aromatic rings.